The smallest absolute Gasteiger partial charge is 0.326 e. The Morgan fingerprint density at radius 2 is 2.17 bits per heavy atom. The topological polar surface area (TPSA) is 96.0 Å². The highest BCUT2D eigenvalue weighted by Crippen LogP contribution is 2.26. The third-order valence-electron chi connectivity index (χ3n) is 5.48. The molecule has 3 aromatic rings. The number of carbonyl (C=O) groups excluding carboxylic acids is 1. The SMILES string of the molecule is CCOCCn1c(=O)[nH]c2cc(C(=O)N3CCc4[nH]nc(C(C)C)c4C3)ccc21. The van der Waals surface area contributed by atoms with Gasteiger partial charge in [-0.3, -0.25) is 14.5 Å². The van der Waals surface area contributed by atoms with Crippen molar-refractivity contribution in [3.8, 4) is 0 Å². The molecule has 1 aromatic carbocycles. The van der Waals surface area contributed by atoms with Gasteiger partial charge in [0.05, 0.1) is 29.9 Å². The van der Waals surface area contributed by atoms with Gasteiger partial charge in [0, 0.05) is 42.9 Å². The minimum Gasteiger partial charge on any atom is -0.380 e. The average molecular weight is 397 g/mol. The van der Waals surface area contributed by atoms with Gasteiger partial charge in [-0.05, 0) is 31.0 Å². The lowest BCUT2D eigenvalue weighted by Crippen LogP contribution is -2.36. The molecule has 1 aliphatic heterocycles. The summed E-state index contributed by atoms with van der Waals surface area (Å²) in [5.74, 6) is 0.277. The minimum atomic E-state index is -0.188. The van der Waals surface area contributed by atoms with Crippen LogP contribution in [0.4, 0.5) is 0 Å². The molecule has 0 spiro atoms. The van der Waals surface area contributed by atoms with E-state index in [9.17, 15) is 9.59 Å². The van der Waals surface area contributed by atoms with E-state index in [0.29, 0.717) is 49.8 Å². The van der Waals surface area contributed by atoms with Gasteiger partial charge in [0.2, 0.25) is 0 Å². The molecule has 154 valence electrons. The molecule has 8 nitrogen and oxygen atoms in total. The van der Waals surface area contributed by atoms with Crippen LogP contribution in [-0.4, -0.2) is 50.3 Å². The molecule has 0 unspecified atom stereocenters. The standard InChI is InChI=1S/C21H27N5O3/c1-4-29-10-9-26-18-6-5-14(11-17(18)22-21(26)28)20(27)25-8-7-16-15(12-25)19(13(2)3)24-23-16/h5-6,11,13H,4,7-10,12H2,1-3H3,(H,22,28)(H,23,24). The van der Waals surface area contributed by atoms with E-state index in [-0.39, 0.29) is 11.6 Å². The molecule has 4 rings (SSSR count). The van der Waals surface area contributed by atoms with Crippen molar-refractivity contribution in [2.24, 2.45) is 0 Å². The van der Waals surface area contributed by atoms with Crippen LogP contribution >= 0.6 is 0 Å². The van der Waals surface area contributed by atoms with Gasteiger partial charge in [0.25, 0.3) is 5.91 Å². The van der Waals surface area contributed by atoms with Gasteiger partial charge in [-0.15, -0.1) is 0 Å². The predicted molar refractivity (Wildman–Crippen MR) is 110 cm³/mol. The number of nitrogens with one attached hydrogen (secondary N) is 2. The number of benzene rings is 1. The Morgan fingerprint density at radius 1 is 1.34 bits per heavy atom. The predicted octanol–water partition coefficient (Wildman–Crippen LogP) is 2.41. The third kappa shape index (κ3) is 3.60. The number of fused-ring (bicyclic) bond motifs is 2. The molecule has 0 saturated carbocycles. The van der Waals surface area contributed by atoms with Gasteiger partial charge in [-0.25, -0.2) is 4.79 Å². The van der Waals surface area contributed by atoms with Gasteiger partial charge in [-0.1, -0.05) is 13.8 Å². The Kier molecular flexibility index (Phi) is 5.27. The zero-order valence-corrected chi connectivity index (χ0v) is 17.1. The van der Waals surface area contributed by atoms with Crippen LogP contribution in [0.15, 0.2) is 23.0 Å². The summed E-state index contributed by atoms with van der Waals surface area (Å²) in [6.07, 6.45) is 0.772. The number of rotatable bonds is 6. The van der Waals surface area contributed by atoms with Crippen LogP contribution in [0, 0.1) is 0 Å². The van der Waals surface area contributed by atoms with Crippen LogP contribution in [0.3, 0.4) is 0 Å². The zero-order valence-electron chi connectivity index (χ0n) is 17.1. The van der Waals surface area contributed by atoms with E-state index < -0.39 is 0 Å². The second-order valence-corrected chi connectivity index (χ2v) is 7.71. The first-order valence-electron chi connectivity index (χ1n) is 10.1. The van der Waals surface area contributed by atoms with Crippen LogP contribution < -0.4 is 5.69 Å². The Bertz CT molecular complexity index is 1090. The highest BCUT2D eigenvalue weighted by molar-refractivity contribution is 5.97. The second-order valence-electron chi connectivity index (χ2n) is 7.71. The fraction of sp³-hybridized carbons (Fsp3) is 0.476. The maximum Gasteiger partial charge on any atom is 0.326 e. The molecule has 0 radical (unpaired) electrons. The van der Waals surface area contributed by atoms with Gasteiger partial charge in [0.15, 0.2) is 0 Å². The Morgan fingerprint density at radius 3 is 2.93 bits per heavy atom. The summed E-state index contributed by atoms with van der Waals surface area (Å²) in [6.45, 7) is 8.92. The molecule has 0 fully saturated rings. The summed E-state index contributed by atoms with van der Waals surface area (Å²) in [5.41, 5.74) is 5.13. The van der Waals surface area contributed by atoms with Crippen LogP contribution in [-0.2, 0) is 24.2 Å². The van der Waals surface area contributed by atoms with Crippen molar-refractivity contribution >= 4 is 16.9 Å². The fourth-order valence-corrected chi connectivity index (χ4v) is 3.97. The molecule has 0 bridgehead atoms. The number of aromatic amines is 2. The van der Waals surface area contributed by atoms with Crippen molar-refractivity contribution in [1.29, 1.82) is 0 Å². The van der Waals surface area contributed by atoms with Gasteiger partial charge < -0.3 is 14.6 Å². The second kappa shape index (κ2) is 7.87. The molecule has 29 heavy (non-hydrogen) atoms. The molecule has 3 heterocycles. The molecular formula is C21H27N5O3. The van der Waals surface area contributed by atoms with E-state index in [4.69, 9.17) is 4.74 Å². The lowest BCUT2D eigenvalue weighted by molar-refractivity contribution is 0.0734. The van der Waals surface area contributed by atoms with Crippen molar-refractivity contribution in [2.45, 2.75) is 46.2 Å². The monoisotopic (exact) mass is 397 g/mol. The number of amides is 1. The number of hydrogen-bond acceptors (Lipinski definition) is 4. The first-order valence-corrected chi connectivity index (χ1v) is 10.1. The van der Waals surface area contributed by atoms with E-state index in [1.54, 1.807) is 16.7 Å². The summed E-state index contributed by atoms with van der Waals surface area (Å²) in [4.78, 5) is 30.1. The van der Waals surface area contributed by atoms with E-state index in [0.717, 1.165) is 28.9 Å². The molecule has 1 aliphatic rings. The van der Waals surface area contributed by atoms with Crippen molar-refractivity contribution in [2.75, 3.05) is 19.8 Å². The van der Waals surface area contributed by atoms with Gasteiger partial charge in [0.1, 0.15) is 0 Å². The Labute approximate surface area is 168 Å². The Hall–Kier alpha value is -2.87. The molecular weight excluding hydrogens is 370 g/mol. The minimum absolute atomic E-state index is 0.0311. The number of imidazole rings is 1. The van der Waals surface area contributed by atoms with Gasteiger partial charge >= 0.3 is 5.69 Å². The quantitative estimate of drug-likeness (QED) is 0.625. The molecule has 2 aromatic heterocycles. The number of hydrogen-bond donors (Lipinski definition) is 2. The van der Waals surface area contributed by atoms with E-state index >= 15 is 0 Å². The van der Waals surface area contributed by atoms with Crippen molar-refractivity contribution in [3.05, 3.63) is 51.2 Å². The van der Waals surface area contributed by atoms with E-state index in [2.05, 4.69) is 29.0 Å². The summed E-state index contributed by atoms with van der Waals surface area (Å²) < 4.78 is 7.00. The molecule has 0 saturated heterocycles. The maximum absolute atomic E-state index is 13.1. The van der Waals surface area contributed by atoms with Gasteiger partial charge in [-0.2, -0.15) is 5.10 Å². The van der Waals surface area contributed by atoms with Crippen LogP contribution in [0.25, 0.3) is 11.0 Å². The summed E-state index contributed by atoms with van der Waals surface area (Å²) in [7, 11) is 0. The van der Waals surface area contributed by atoms with Crippen molar-refractivity contribution in [3.63, 3.8) is 0 Å². The normalized spacial score (nSPS) is 14.0. The van der Waals surface area contributed by atoms with Crippen LogP contribution in [0.1, 0.15) is 54.0 Å². The summed E-state index contributed by atoms with van der Waals surface area (Å²) in [6, 6.07) is 5.40. The number of aromatic nitrogens is 4. The summed E-state index contributed by atoms with van der Waals surface area (Å²) in [5, 5.41) is 7.55. The van der Waals surface area contributed by atoms with Crippen molar-refractivity contribution in [1.82, 2.24) is 24.6 Å². The third-order valence-corrected chi connectivity index (χ3v) is 5.48. The first kappa shape index (κ1) is 19.4. The number of carbonyl (C=O) groups is 1. The fourth-order valence-electron chi connectivity index (χ4n) is 3.97. The van der Waals surface area contributed by atoms with Crippen molar-refractivity contribution < 1.29 is 9.53 Å². The maximum atomic E-state index is 13.1. The highest BCUT2D eigenvalue weighted by atomic mass is 16.5. The number of ether oxygens (including phenoxy) is 1. The van der Waals surface area contributed by atoms with Crippen LogP contribution in [0.5, 0.6) is 0 Å². The first-order chi connectivity index (χ1) is 14.0. The molecule has 2 N–H and O–H groups in total. The molecule has 0 atom stereocenters. The lowest BCUT2D eigenvalue weighted by atomic mass is 9.99. The largest absolute Gasteiger partial charge is 0.380 e. The highest BCUT2D eigenvalue weighted by Gasteiger charge is 2.27. The number of H-pyrrole nitrogens is 2. The molecule has 8 heteroatoms. The summed E-state index contributed by atoms with van der Waals surface area (Å²) >= 11 is 0. The van der Waals surface area contributed by atoms with E-state index in [1.807, 2.05) is 17.9 Å². The van der Waals surface area contributed by atoms with E-state index in [1.165, 1.54) is 0 Å². The number of nitrogens with zero attached hydrogens (tertiary/aromatic N) is 3. The Balaban J connectivity index is 1.57. The molecule has 0 aliphatic carbocycles. The van der Waals surface area contributed by atoms with Crippen LogP contribution in [0.2, 0.25) is 0 Å². The average Bonchev–Trinajstić information content (AvgIpc) is 3.27. The lowest BCUT2D eigenvalue weighted by Gasteiger charge is -2.27. The molecule has 1 amide bonds. The zero-order chi connectivity index (χ0) is 20.5.